The molecule has 1 nitrogen and oxygen atoms in total. The average Bonchev–Trinajstić information content (AvgIpc) is 2.23. The van der Waals surface area contributed by atoms with Crippen LogP contribution in [0.5, 0.6) is 0 Å². The van der Waals surface area contributed by atoms with E-state index in [0.717, 1.165) is 18.1 Å². The van der Waals surface area contributed by atoms with Gasteiger partial charge in [0.2, 0.25) is 0 Å². The lowest BCUT2D eigenvalue weighted by Crippen LogP contribution is -2.13. The molecule has 0 aliphatic carbocycles. The van der Waals surface area contributed by atoms with Gasteiger partial charge in [-0.05, 0) is 31.4 Å². The molecular weight excluding hydrogens is 208 g/mol. The second kappa shape index (κ2) is 5.21. The van der Waals surface area contributed by atoms with Crippen LogP contribution in [-0.2, 0) is 0 Å². The minimum absolute atomic E-state index is 0.355. The maximum atomic E-state index is 13.5. The first kappa shape index (κ1) is 12.8. The lowest BCUT2D eigenvalue weighted by molar-refractivity contribution is 0.548. The minimum atomic E-state index is -0.584. The van der Waals surface area contributed by atoms with Gasteiger partial charge in [0.05, 0.1) is 0 Å². The number of rotatable bonds is 4. The fourth-order valence-corrected chi connectivity index (χ4v) is 1.53. The molecule has 0 saturated carbocycles. The molecule has 1 unspecified atom stereocenters. The van der Waals surface area contributed by atoms with Crippen LogP contribution in [0.3, 0.4) is 0 Å². The van der Waals surface area contributed by atoms with Crippen LogP contribution in [0, 0.1) is 18.6 Å². The van der Waals surface area contributed by atoms with Gasteiger partial charge < -0.3 is 5.73 Å². The minimum Gasteiger partial charge on any atom is -0.324 e. The van der Waals surface area contributed by atoms with Gasteiger partial charge in [0.1, 0.15) is 11.6 Å². The van der Waals surface area contributed by atoms with Crippen molar-refractivity contribution in [3.8, 4) is 0 Å². The fourth-order valence-electron chi connectivity index (χ4n) is 1.53. The van der Waals surface area contributed by atoms with Crippen LogP contribution >= 0.6 is 0 Å². The summed E-state index contributed by atoms with van der Waals surface area (Å²) in [6.07, 6.45) is 1.34. The summed E-state index contributed by atoms with van der Waals surface area (Å²) >= 11 is 0. The van der Waals surface area contributed by atoms with Gasteiger partial charge in [0.25, 0.3) is 0 Å². The van der Waals surface area contributed by atoms with Gasteiger partial charge in [-0.2, -0.15) is 0 Å². The van der Waals surface area contributed by atoms with Gasteiger partial charge in [-0.25, -0.2) is 8.78 Å². The lowest BCUT2D eigenvalue weighted by atomic mass is 9.97. The monoisotopic (exact) mass is 225 g/mol. The number of hydrogen-bond acceptors (Lipinski definition) is 1. The highest BCUT2D eigenvalue weighted by Gasteiger charge is 2.14. The topological polar surface area (TPSA) is 26.0 Å². The van der Waals surface area contributed by atoms with Crippen LogP contribution < -0.4 is 5.73 Å². The van der Waals surface area contributed by atoms with Crippen molar-refractivity contribution in [1.82, 2.24) is 0 Å². The Kier molecular flexibility index (Phi) is 4.19. The summed E-state index contributed by atoms with van der Waals surface area (Å²) in [4.78, 5) is 0. The summed E-state index contributed by atoms with van der Waals surface area (Å²) in [6.45, 7) is 7.40. The normalized spacial score (nSPS) is 12.6. The summed E-state index contributed by atoms with van der Waals surface area (Å²) in [5, 5.41) is 0. The third-order valence-corrected chi connectivity index (χ3v) is 2.69. The van der Waals surface area contributed by atoms with Crippen LogP contribution in [0.15, 0.2) is 24.3 Å². The molecule has 1 atom stereocenters. The van der Waals surface area contributed by atoms with Crippen molar-refractivity contribution < 1.29 is 8.78 Å². The molecule has 0 aliphatic heterocycles. The van der Waals surface area contributed by atoms with Gasteiger partial charge in [-0.1, -0.05) is 19.1 Å². The molecule has 0 bridgehead atoms. The second-order valence-electron chi connectivity index (χ2n) is 4.04. The second-order valence-corrected chi connectivity index (χ2v) is 4.04. The van der Waals surface area contributed by atoms with Gasteiger partial charge in [0.15, 0.2) is 0 Å². The van der Waals surface area contributed by atoms with E-state index in [1.54, 1.807) is 6.92 Å². The first-order valence-corrected chi connectivity index (χ1v) is 5.33. The smallest absolute Gasteiger partial charge is 0.130 e. The van der Waals surface area contributed by atoms with Crippen molar-refractivity contribution in [3.05, 3.63) is 47.0 Å². The Morgan fingerprint density at radius 2 is 2.00 bits per heavy atom. The predicted molar refractivity (Wildman–Crippen MR) is 62.1 cm³/mol. The van der Waals surface area contributed by atoms with Crippen molar-refractivity contribution in [2.75, 3.05) is 0 Å². The maximum absolute atomic E-state index is 13.5. The van der Waals surface area contributed by atoms with Crippen molar-refractivity contribution in [2.45, 2.75) is 32.7 Å². The van der Waals surface area contributed by atoms with Gasteiger partial charge in [0, 0.05) is 17.7 Å². The van der Waals surface area contributed by atoms with Gasteiger partial charge >= 0.3 is 0 Å². The number of benzene rings is 1. The molecule has 0 saturated heterocycles. The van der Waals surface area contributed by atoms with Crippen molar-refractivity contribution in [1.29, 1.82) is 0 Å². The summed E-state index contributed by atoms with van der Waals surface area (Å²) in [5.41, 5.74) is 7.60. The fraction of sp³-hybridized carbons (Fsp3) is 0.385. The van der Waals surface area contributed by atoms with E-state index in [9.17, 15) is 8.78 Å². The quantitative estimate of drug-likeness (QED) is 0.778. The molecule has 16 heavy (non-hydrogen) atoms. The van der Waals surface area contributed by atoms with E-state index in [2.05, 4.69) is 6.58 Å². The Morgan fingerprint density at radius 1 is 1.38 bits per heavy atom. The first-order valence-electron chi connectivity index (χ1n) is 5.33. The van der Waals surface area contributed by atoms with E-state index in [1.807, 2.05) is 6.92 Å². The Balaban J connectivity index is 2.95. The van der Waals surface area contributed by atoms with Gasteiger partial charge in [-0.3, -0.25) is 0 Å². The van der Waals surface area contributed by atoms with Crippen LogP contribution in [0.2, 0.25) is 0 Å². The molecular formula is C13H17F2N. The molecule has 0 aromatic heterocycles. The standard InChI is InChI=1S/C13H17F2N/c1-4-8(2)5-13(16)10-6-9(3)11(14)7-12(10)15/h6-7,13H,2,4-5,16H2,1,3H3. The Hall–Kier alpha value is -1.22. The zero-order valence-electron chi connectivity index (χ0n) is 9.69. The largest absolute Gasteiger partial charge is 0.324 e. The molecule has 0 radical (unpaired) electrons. The summed E-state index contributed by atoms with van der Waals surface area (Å²) in [6, 6.07) is 1.91. The van der Waals surface area contributed by atoms with Crippen molar-refractivity contribution >= 4 is 0 Å². The van der Waals surface area contributed by atoms with E-state index in [1.165, 1.54) is 6.07 Å². The molecule has 1 rings (SSSR count). The van der Waals surface area contributed by atoms with Crippen molar-refractivity contribution in [2.24, 2.45) is 5.73 Å². The first-order chi connectivity index (χ1) is 7.45. The lowest BCUT2D eigenvalue weighted by Gasteiger charge is -2.15. The molecule has 0 fully saturated rings. The van der Waals surface area contributed by atoms with Crippen LogP contribution in [-0.4, -0.2) is 0 Å². The highest BCUT2D eigenvalue weighted by Crippen LogP contribution is 2.24. The van der Waals surface area contributed by atoms with E-state index >= 15 is 0 Å². The number of nitrogens with two attached hydrogens (primary N) is 1. The van der Waals surface area contributed by atoms with E-state index in [-0.39, 0.29) is 0 Å². The highest BCUT2D eigenvalue weighted by atomic mass is 19.1. The summed E-state index contributed by atoms with van der Waals surface area (Å²) < 4.78 is 26.5. The SMILES string of the molecule is C=C(CC)CC(N)c1cc(C)c(F)cc1F. The molecule has 88 valence electrons. The number of aryl methyl sites for hydroxylation is 1. The molecule has 0 spiro atoms. The zero-order valence-corrected chi connectivity index (χ0v) is 9.69. The van der Waals surface area contributed by atoms with E-state index in [0.29, 0.717) is 17.5 Å². The molecule has 1 aromatic rings. The summed E-state index contributed by atoms with van der Waals surface area (Å²) in [7, 11) is 0. The molecule has 3 heteroatoms. The van der Waals surface area contributed by atoms with E-state index in [4.69, 9.17) is 5.73 Å². The molecule has 2 N–H and O–H groups in total. The zero-order chi connectivity index (χ0) is 12.3. The third kappa shape index (κ3) is 2.89. The van der Waals surface area contributed by atoms with E-state index < -0.39 is 17.7 Å². The molecule has 0 amide bonds. The number of halogens is 2. The van der Waals surface area contributed by atoms with Crippen molar-refractivity contribution in [3.63, 3.8) is 0 Å². The molecule has 1 aromatic carbocycles. The third-order valence-electron chi connectivity index (χ3n) is 2.69. The van der Waals surface area contributed by atoms with Crippen LogP contribution in [0.1, 0.15) is 36.9 Å². The number of hydrogen-bond donors (Lipinski definition) is 1. The molecule has 0 heterocycles. The van der Waals surface area contributed by atoms with Crippen LogP contribution in [0.4, 0.5) is 8.78 Å². The Morgan fingerprint density at radius 3 is 2.56 bits per heavy atom. The average molecular weight is 225 g/mol. The van der Waals surface area contributed by atoms with Gasteiger partial charge in [-0.15, -0.1) is 0 Å². The Labute approximate surface area is 95.0 Å². The predicted octanol–water partition coefficient (Wildman–Crippen LogP) is 3.63. The summed E-state index contributed by atoms with van der Waals surface area (Å²) in [5.74, 6) is -1.12. The maximum Gasteiger partial charge on any atom is 0.130 e. The highest BCUT2D eigenvalue weighted by molar-refractivity contribution is 5.28. The molecule has 0 aliphatic rings. The Bertz CT molecular complexity index is 399. The van der Waals surface area contributed by atoms with Crippen LogP contribution in [0.25, 0.3) is 0 Å².